The molecule has 2 atom stereocenters. The van der Waals surface area contributed by atoms with Gasteiger partial charge in [-0.1, -0.05) is 66.7 Å². The molecule has 3 aromatic carbocycles. The van der Waals surface area contributed by atoms with Gasteiger partial charge in [0, 0.05) is 12.0 Å². The number of carbonyl (C=O) groups is 2. The summed E-state index contributed by atoms with van der Waals surface area (Å²) in [5.41, 5.74) is 7.61. The number of esters is 1. The van der Waals surface area contributed by atoms with Crippen molar-refractivity contribution < 1.29 is 19.1 Å². The van der Waals surface area contributed by atoms with Crippen molar-refractivity contribution in [1.29, 1.82) is 0 Å². The van der Waals surface area contributed by atoms with Gasteiger partial charge in [-0.05, 0) is 64.8 Å². The molecule has 1 amide bonds. The number of fused-ring (bicyclic) bond motifs is 5. The summed E-state index contributed by atoms with van der Waals surface area (Å²) in [7, 11) is 1.39. The summed E-state index contributed by atoms with van der Waals surface area (Å²) in [6.45, 7) is 0.334. The molecule has 2 heterocycles. The van der Waals surface area contributed by atoms with Gasteiger partial charge >= 0.3 is 12.1 Å². The lowest BCUT2D eigenvalue weighted by molar-refractivity contribution is 0.0600. The highest BCUT2D eigenvalue weighted by Gasteiger charge is 2.41. The van der Waals surface area contributed by atoms with Gasteiger partial charge in [0.2, 0.25) is 0 Å². The summed E-state index contributed by atoms with van der Waals surface area (Å²) in [6.07, 6.45) is 4.56. The van der Waals surface area contributed by atoms with E-state index in [0.717, 1.165) is 24.8 Å². The molecule has 0 spiro atoms. The zero-order valence-corrected chi connectivity index (χ0v) is 19.6. The first kappa shape index (κ1) is 21.7. The van der Waals surface area contributed by atoms with Crippen LogP contribution in [0.5, 0.6) is 0 Å². The van der Waals surface area contributed by atoms with Gasteiger partial charge in [-0.3, -0.25) is 4.90 Å². The van der Waals surface area contributed by atoms with Crippen LogP contribution in [0.1, 0.15) is 52.2 Å². The van der Waals surface area contributed by atoms with E-state index in [9.17, 15) is 9.59 Å². The van der Waals surface area contributed by atoms with Gasteiger partial charge in [0.15, 0.2) is 0 Å². The Hall–Kier alpha value is -3.86. The summed E-state index contributed by atoms with van der Waals surface area (Å²) in [5, 5.41) is 0. The van der Waals surface area contributed by atoms with Gasteiger partial charge in [0.05, 0.1) is 18.7 Å². The molecule has 1 aliphatic carbocycles. The van der Waals surface area contributed by atoms with Gasteiger partial charge in [-0.15, -0.1) is 0 Å². The quantitative estimate of drug-likeness (QED) is 0.441. The second kappa shape index (κ2) is 8.73. The first-order chi connectivity index (χ1) is 17.1. The molecule has 2 unspecified atom stereocenters. The maximum atomic E-state index is 13.3. The van der Waals surface area contributed by atoms with Crippen LogP contribution in [0, 0.1) is 0 Å². The average Bonchev–Trinajstić information content (AvgIpc) is 3.37. The lowest BCUT2D eigenvalue weighted by Crippen LogP contribution is -2.43. The van der Waals surface area contributed by atoms with Gasteiger partial charge in [-0.25, -0.2) is 9.59 Å². The second-order valence-corrected chi connectivity index (χ2v) is 9.48. The predicted molar refractivity (Wildman–Crippen MR) is 134 cm³/mol. The topological polar surface area (TPSA) is 55.8 Å². The molecule has 176 valence electrons. The molecule has 0 N–H and O–H groups in total. The molecule has 35 heavy (non-hydrogen) atoms. The molecule has 3 aromatic rings. The highest BCUT2D eigenvalue weighted by atomic mass is 16.6. The molecule has 5 nitrogen and oxygen atoms in total. The van der Waals surface area contributed by atoms with E-state index >= 15 is 0 Å². The lowest BCUT2D eigenvalue weighted by Gasteiger charge is -2.33. The molecule has 5 heteroatoms. The van der Waals surface area contributed by atoms with Crippen LogP contribution in [0.4, 0.5) is 4.79 Å². The molecule has 0 aromatic heterocycles. The third-order valence-electron chi connectivity index (χ3n) is 7.60. The van der Waals surface area contributed by atoms with E-state index in [0.29, 0.717) is 12.2 Å². The predicted octanol–water partition coefficient (Wildman–Crippen LogP) is 6.04. The normalized spacial score (nSPS) is 20.1. The molecule has 2 aliphatic heterocycles. The van der Waals surface area contributed by atoms with Crippen LogP contribution in [0.2, 0.25) is 0 Å². The average molecular weight is 466 g/mol. The summed E-state index contributed by atoms with van der Waals surface area (Å²) in [5.74, 6) is -0.285. The first-order valence-corrected chi connectivity index (χ1v) is 12.2. The minimum absolute atomic E-state index is 0.0150. The van der Waals surface area contributed by atoms with Crippen LogP contribution in [0.3, 0.4) is 0 Å². The number of hydrogen-bond donors (Lipinski definition) is 0. The standard InChI is InChI=1S/C30H27NO4/c1-34-29(32)20-8-6-7-19(15-20)21-16-22-13-14-23(17-21)31(22)30(33)35-18-28-26-11-4-2-9-24(26)25-10-3-5-12-27(25)28/h2-12,15-16,22-23,28H,13-14,17-18H2,1H3. The molecular weight excluding hydrogens is 438 g/mol. The number of amides is 1. The number of carbonyl (C=O) groups excluding carboxylic acids is 2. The van der Waals surface area contributed by atoms with Crippen LogP contribution in [0.25, 0.3) is 16.7 Å². The zero-order valence-electron chi connectivity index (χ0n) is 19.6. The third kappa shape index (κ3) is 3.72. The number of hydrogen-bond acceptors (Lipinski definition) is 4. The van der Waals surface area contributed by atoms with Crippen LogP contribution in [0.15, 0.2) is 78.9 Å². The zero-order chi connectivity index (χ0) is 23.9. The van der Waals surface area contributed by atoms with Crippen molar-refractivity contribution in [3.05, 3.63) is 101 Å². The van der Waals surface area contributed by atoms with Crippen LogP contribution >= 0.6 is 0 Å². The van der Waals surface area contributed by atoms with Gasteiger partial charge in [-0.2, -0.15) is 0 Å². The molecule has 0 radical (unpaired) electrons. The van der Waals surface area contributed by atoms with E-state index in [1.54, 1.807) is 6.07 Å². The summed E-state index contributed by atoms with van der Waals surface area (Å²) >= 11 is 0. The molecule has 2 bridgehead atoms. The summed E-state index contributed by atoms with van der Waals surface area (Å²) in [4.78, 5) is 27.1. The fraction of sp³-hybridized carbons (Fsp3) is 0.267. The number of benzene rings is 3. The van der Waals surface area contributed by atoms with Crippen LogP contribution in [-0.2, 0) is 9.47 Å². The maximum absolute atomic E-state index is 13.3. The molecule has 1 saturated heterocycles. The summed E-state index contributed by atoms with van der Waals surface area (Å²) < 4.78 is 10.8. The number of methoxy groups -OCH3 is 1. The smallest absolute Gasteiger partial charge is 0.410 e. The fourth-order valence-electron chi connectivity index (χ4n) is 5.96. The van der Waals surface area contributed by atoms with Crippen molar-refractivity contribution in [2.24, 2.45) is 0 Å². The summed E-state index contributed by atoms with van der Waals surface area (Å²) in [6, 6.07) is 24.4. The first-order valence-electron chi connectivity index (χ1n) is 12.2. The second-order valence-electron chi connectivity index (χ2n) is 9.48. The Kier molecular flexibility index (Phi) is 5.40. The van der Waals surface area contributed by atoms with Crippen molar-refractivity contribution >= 4 is 17.6 Å². The maximum Gasteiger partial charge on any atom is 0.410 e. The largest absolute Gasteiger partial charge is 0.465 e. The van der Waals surface area contributed by atoms with Crippen molar-refractivity contribution in [3.63, 3.8) is 0 Å². The number of ether oxygens (including phenoxy) is 2. The third-order valence-corrected chi connectivity index (χ3v) is 7.60. The Morgan fingerprint density at radius 3 is 2.31 bits per heavy atom. The lowest BCUT2D eigenvalue weighted by atomic mass is 9.94. The highest BCUT2D eigenvalue weighted by molar-refractivity contribution is 5.90. The van der Waals surface area contributed by atoms with E-state index in [1.165, 1.54) is 34.9 Å². The highest BCUT2D eigenvalue weighted by Crippen LogP contribution is 2.45. The van der Waals surface area contributed by atoms with Gasteiger partial charge < -0.3 is 9.47 Å². The Morgan fingerprint density at radius 2 is 1.63 bits per heavy atom. The number of nitrogens with zero attached hydrogens (tertiary/aromatic N) is 1. The van der Waals surface area contributed by atoms with E-state index in [4.69, 9.17) is 9.47 Å². The Morgan fingerprint density at radius 1 is 0.914 bits per heavy atom. The Balaban J connectivity index is 1.19. The Bertz CT molecular complexity index is 1300. The fourth-order valence-corrected chi connectivity index (χ4v) is 5.96. The number of rotatable bonds is 4. The molecular formula is C30H27NO4. The van der Waals surface area contributed by atoms with Gasteiger partial charge in [0.25, 0.3) is 0 Å². The van der Waals surface area contributed by atoms with Crippen LogP contribution < -0.4 is 0 Å². The van der Waals surface area contributed by atoms with Crippen LogP contribution in [-0.4, -0.2) is 42.8 Å². The molecule has 0 saturated carbocycles. The minimum Gasteiger partial charge on any atom is -0.465 e. The molecule has 6 rings (SSSR count). The monoisotopic (exact) mass is 465 g/mol. The van der Waals surface area contributed by atoms with Gasteiger partial charge in [0.1, 0.15) is 6.61 Å². The van der Waals surface area contributed by atoms with Crippen molar-refractivity contribution in [3.8, 4) is 11.1 Å². The van der Waals surface area contributed by atoms with E-state index in [-0.39, 0.29) is 30.1 Å². The van der Waals surface area contributed by atoms with E-state index < -0.39 is 0 Å². The molecule has 1 fully saturated rings. The van der Waals surface area contributed by atoms with Crippen molar-refractivity contribution in [2.45, 2.75) is 37.3 Å². The van der Waals surface area contributed by atoms with Crippen molar-refractivity contribution in [1.82, 2.24) is 4.90 Å². The Labute approximate surface area is 205 Å². The minimum atomic E-state index is -0.341. The van der Waals surface area contributed by atoms with Crippen molar-refractivity contribution in [2.75, 3.05) is 13.7 Å². The molecule has 3 aliphatic rings. The van der Waals surface area contributed by atoms with E-state index in [1.807, 2.05) is 35.2 Å². The SMILES string of the molecule is COC(=O)c1cccc(C2=CC3CCC(C2)N3C(=O)OCC2c3ccccc3-c3ccccc32)c1. The van der Waals surface area contributed by atoms with E-state index in [2.05, 4.69) is 42.5 Å².